The zero-order valence-electron chi connectivity index (χ0n) is 9.53. The smallest absolute Gasteiger partial charge is 0.0865 e. The van der Waals surface area contributed by atoms with E-state index in [4.69, 9.17) is 5.73 Å². The Bertz CT molecular complexity index is 666. The summed E-state index contributed by atoms with van der Waals surface area (Å²) in [5.41, 5.74) is 9.41. The van der Waals surface area contributed by atoms with Crippen LogP contribution in [0, 0.1) is 0 Å². The molecular formula is C13H13N3S. The summed E-state index contributed by atoms with van der Waals surface area (Å²) in [4.78, 5) is 1.34. The van der Waals surface area contributed by atoms with Crippen molar-refractivity contribution in [2.75, 3.05) is 5.73 Å². The second-order valence-electron chi connectivity index (χ2n) is 4.01. The topological polar surface area (TPSA) is 54.7 Å². The SMILES string of the molecule is CCc1sc(N)cc1-c1ccc2[nH]ncc2c1. The molecule has 3 rings (SSSR count). The number of aromatic nitrogens is 2. The van der Waals surface area contributed by atoms with E-state index >= 15 is 0 Å². The summed E-state index contributed by atoms with van der Waals surface area (Å²) in [5, 5.41) is 9.01. The molecule has 86 valence electrons. The third kappa shape index (κ3) is 1.70. The first-order valence-electron chi connectivity index (χ1n) is 5.59. The van der Waals surface area contributed by atoms with Crippen LogP contribution in [0.4, 0.5) is 5.00 Å². The second-order valence-corrected chi connectivity index (χ2v) is 5.18. The maximum absolute atomic E-state index is 5.88. The van der Waals surface area contributed by atoms with Crippen LogP contribution < -0.4 is 5.73 Å². The molecule has 0 radical (unpaired) electrons. The van der Waals surface area contributed by atoms with Gasteiger partial charge in [0.05, 0.1) is 16.7 Å². The predicted octanol–water partition coefficient (Wildman–Crippen LogP) is 3.44. The average Bonchev–Trinajstić information content (AvgIpc) is 2.93. The lowest BCUT2D eigenvalue weighted by Crippen LogP contribution is -1.80. The van der Waals surface area contributed by atoms with Gasteiger partial charge in [0.2, 0.25) is 0 Å². The zero-order valence-corrected chi connectivity index (χ0v) is 10.3. The van der Waals surface area contributed by atoms with Gasteiger partial charge in [-0.2, -0.15) is 5.10 Å². The predicted molar refractivity (Wildman–Crippen MR) is 73.2 cm³/mol. The number of aryl methyl sites for hydroxylation is 1. The molecule has 0 bridgehead atoms. The molecule has 0 atom stereocenters. The number of aromatic amines is 1. The Morgan fingerprint density at radius 3 is 3.06 bits per heavy atom. The number of hydrogen-bond acceptors (Lipinski definition) is 3. The molecule has 0 spiro atoms. The van der Waals surface area contributed by atoms with Crippen molar-refractivity contribution in [3.05, 3.63) is 35.3 Å². The summed E-state index contributed by atoms with van der Waals surface area (Å²) < 4.78 is 0. The van der Waals surface area contributed by atoms with Gasteiger partial charge in [-0.05, 0) is 35.7 Å². The van der Waals surface area contributed by atoms with E-state index in [1.807, 2.05) is 6.20 Å². The molecule has 1 aromatic carbocycles. The number of fused-ring (bicyclic) bond motifs is 1. The number of nitrogens with one attached hydrogen (secondary N) is 1. The first-order chi connectivity index (χ1) is 8.28. The van der Waals surface area contributed by atoms with Gasteiger partial charge in [-0.3, -0.25) is 5.10 Å². The molecule has 0 amide bonds. The highest BCUT2D eigenvalue weighted by Gasteiger charge is 2.09. The van der Waals surface area contributed by atoms with Gasteiger partial charge < -0.3 is 5.73 Å². The van der Waals surface area contributed by atoms with Gasteiger partial charge in [0.25, 0.3) is 0 Å². The maximum atomic E-state index is 5.88. The molecule has 0 unspecified atom stereocenters. The molecule has 3 nitrogen and oxygen atoms in total. The van der Waals surface area contributed by atoms with Gasteiger partial charge >= 0.3 is 0 Å². The maximum Gasteiger partial charge on any atom is 0.0865 e. The average molecular weight is 243 g/mol. The lowest BCUT2D eigenvalue weighted by Gasteiger charge is -2.01. The molecule has 2 aromatic heterocycles. The van der Waals surface area contributed by atoms with Crippen LogP contribution in [0.3, 0.4) is 0 Å². The Labute approximate surface area is 103 Å². The number of nitrogen functional groups attached to an aromatic ring is 1. The number of nitrogens with zero attached hydrogens (tertiary/aromatic N) is 1. The number of benzene rings is 1. The molecular weight excluding hydrogens is 230 g/mol. The molecule has 4 heteroatoms. The van der Waals surface area contributed by atoms with Crippen LogP contribution in [0.1, 0.15) is 11.8 Å². The van der Waals surface area contributed by atoms with Gasteiger partial charge in [-0.25, -0.2) is 0 Å². The van der Waals surface area contributed by atoms with Gasteiger partial charge in [0.15, 0.2) is 0 Å². The first-order valence-corrected chi connectivity index (χ1v) is 6.41. The first kappa shape index (κ1) is 10.4. The van der Waals surface area contributed by atoms with Crippen LogP contribution in [0.5, 0.6) is 0 Å². The summed E-state index contributed by atoms with van der Waals surface area (Å²) in [5.74, 6) is 0. The quantitative estimate of drug-likeness (QED) is 0.724. The second kappa shape index (κ2) is 3.89. The lowest BCUT2D eigenvalue weighted by atomic mass is 10.0. The highest BCUT2D eigenvalue weighted by Crippen LogP contribution is 2.34. The normalized spacial score (nSPS) is 11.1. The van der Waals surface area contributed by atoms with E-state index in [9.17, 15) is 0 Å². The van der Waals surface area contributed by atoms with Crippen LogP contribution in [0.15, 0.2) is 30.5 Å². The van der Waals surface area contributed by atoms with E-state index in [-0.39, 0.29) is 0 Å². The van der Waals surface area contributed by atoms with Crippen molar-refractivity contribution >= 4 is 27.2 Å². The molecule has 0 fully saturated rings. The van der Waals surface area contributed by atoms with E-state index in [0.717, 1.165) is 22.3 Å². The van der Waals surface area contributed by atoms with Crippen molar-refractivity contribution in [1.29, 1.82) is 0 Å². The van der Waals surface area contributed by atoms with Gasteiger partial charge in [-0.15, -0.1) is 11.3 Å². The van der Waals surface area contributed by atoms with Crippen molar-refractivity contribution < 1.29 is 0 Å². The molecule has 0 aliphatic rings. The highest BCUT2D eigenvalue weighted by molar-refractivity contribution is 7.16. The molecule has 0 saturated carbocycles. The Morgan fingerprint density at radius 2 is 2.24 bits per heavy atom. The summed E-state index contributed by atoms with van der Waals surface area (Å²) in [7, 11) is 0. The van der Waals surface area contributed by atoms with Crippen molar-refractivity contribution in [2.45, 2.75) is 13.3 Å². The fourth-order valence-corrected chi connectivity index (χ4v) is 2.96. The fraction of sp³-hybridized carbons (Fsp3) is 0.154. The van der Waals surface area contributed by atoms with E-state index < -0.39 is 0 Å². The number of thiophene rings is 1. The Kier molecular flexibility index (Phi) is 2.37. The number of nitrogens with two attached hydrogens (primary N) is 1. The minimum Gasteiger partial charge on any atom is -0.391 e. The highest BCUT2D eigenvalue weighted by atomic mass is 32.1. The third-order valence-electron chi connectivity index (χ3n) is 2.90. The van der Waals surface area contributed by atoms with Crippen molar-refractivity contribution in [3.63, 3.8) is 0 Å². The van der Waals surface area contributed by atoms with Crippen molar-refractivity contribution in [2.24, 2.45) is 0 Å². The van der Waals surface area contributed by atoms with Gasteiger partial charge in [-0.1, -0.05) is 13.0 Å². The summed E-state index contributed by atoms with van der Waals surface area (Å²) in [6.45, 7) is 2.16. The zero-order chi connectivity index (χ0) is 11.8. The Balaban J connectivity index is 2.18. The lowest BCUT2D eigenvalue weighted by molar-refractivity contribution is 1.12. The molecule has 3 aromatic rings. The van der Waals surface area contributed by atoms with Gasteiger partial charge in [0.1, 0.15) is 0 Å². The minimum absolute atomic E-state index is 0.879. The number of hydrogen-bond donors (Lipinski definition) is 2. The van der Waals surface area contributed by atoms with Crippen LogP contribution >= 0.6 is 11.3 Å². The minimum atomic E-state index is 0.879. The molecule has 17 heavy (non-hydrogen) atoms. The van der Waals surface area contributed by atoms with Crippen LogP contribution in [0.2, 0.25) is 0 Å². The van der Waals surface area contributed by atoms with E-state index in [2.05, 4.69) is 41.4 Å². The number of anilines is 1. The van der Waals surface area contributed by atoms with Crippen LogP contribution in [-0.4, -0.2) is 10.2 Å². The molecule has 0 aliphatic carbocycles. The monoisotopic (exact) mass is 243 g/mol. The van der Waals surface area contributed by atoms with Crippen molar-refractivity contribution in [3.8, 4) is 11.1 Å². The Morgan fingerprint density at radius 1 is 1.35 bits per heavy atom. The molecule has 2 heterocycles. The summed E-state index contributed by atoms with van der Waals surface area (Å²) in [6.07, 6.45) is 2.86. The molecule has 0 saturated heterocycles. The summed E-state index contributed by atoms with van der Waals surface area (Å²) in [6, 6.07) is 8.39. The standard InChI is InChI=1S/C13H13N3S/c1-2-12-10(6-13(14)17-12)8-3-4-11-9(5-8)7-15-16-11/h3-7H,2,14H2,1H3,(H,15,16). The third-order valence-corrected chi connectivity index (χ3v) is 4.01. The largest absolute Gasteiger partial charge is 0.391 e. The number of rotatable bonds is 2. The fourth-order valence-electron chi connectivity index (χ4n) is 2.07. The van der Waals surface area contributed by atoms with E-state index in [1.54, 1.807) is 11.3 Å². The van der Waals surface area contributed by atoms with Gasteiger partial charge in [0, 0.05) is 10.3 Å². The van der Waals surface area contributed by atoms with Crippen LogP contribution in [0.25, 0.3) is 22.0 Å². The van der Waals surface area contributed by atoms with Crippen LogP contribution in [-0.2, 0) is 6.42 Å². The Hall–Kier alpha value is -1.81. The molecule has 3 N–H and O–H groups in total. The van der Waals surface area contributed by atoms with E-state index in [0.29, 0.717) is 0 Å². The van der Waals surface area contributed by atoms with Crippen molar-refractivity contribution in [1.82, 2.24) is 10.2 Å². The summed E-state index contributed by atoms with van der Waals surface area (Å²) >= 11 is 1.67. The number of H-pyrrole nitrogens is 1. The molecule has 0 aliphatic heterocycles. The van der Waals surface area contributed by atoms with E-state index in [1.165, 1.54) is 16.0 Å².